The fraction of sp³-hybridized carbons (Fsp3) is 0.385. The molecule has 0 saturated carbocycles. The van der Waals surface area contributed by atoms with Crippen LogP contribution >= 0.6 is 0 Å². The molecule has 0 fully saturated rings. The number of hydrogen-bond acceptors (Lipinski definition) is 3. The van der Waals surface area contributed by atoms with E-state index in [1.54, 1.807) is 6.20 Å². The highest BCUT2D eigenvalue weighted by Gasteiger charge is 2.18. The first-order valence-corrected chi connectivity index (χ1v) is 11.4. The lowest BCUT2D eigenvalue weighted by molar-refractivity contribution is 0.0950. The Bertz CT molecular complexity index is 1170. The first kappa shape index (κ1) is 23.1. The van der Waals surface area contributed by atoms with Crippen LogP contribution in [0.3, 0.4) is 0 Å². The van der Waals surface area contributed by atoms with E-state index in [2.05, 4.69) is 22.6 Å². The third-order valence-electron chi connectivity index (χ3n) is 6.11. The van der Waals surface area contributed by atoms with Gasteiger partial charge >= 0.3 is 0 Å². The minimum atomic E-state index is -0.619. The van der Waals surface area contributed by atoms with Crippen molar-refractivity contribution in [2.45, 2.75) is 32.2 Å². The minimum Gasteiger partial charge on any atom is -0.351 e. The molecule has 1 heterocycles. The first-order valence-electron chi connectivity index (χ1n) is 11.4. The van der Waals surface area contributed by atoms with Gasteiger partial charge in [0.1, 0.15) is 11.6 Å². The normalized spacial score (nSPS) is 16.0. The van der Waals surface area contributed by atoms with Gasteiger partial charge in [-0.2, -0.15) is 5.10 Å². The molecular weight excluding hydrogens is 422 g/mol. The number of halogens is 2. The van der Waals surface area contributed by atoms with Crippen LogP contribution in [-0.4, -0.2) is 47.8 Å². The predicted molar refractivity (Wildman–Crippen MR) is 126 cm³/mol. The van der Waals surface area contributed by atoms with E-state index < -0.39 is 11.6 Å². The maximum Gasteiger partial charge on any atom is 0.251 e. The number of carbonyl (C=O) groups excluding carboxylic acids is 1. The van der Waals surface area contributed by atoms with Crippen molar-refractivity contribution in [3.8, 4) is 0 Å². The molecule has 1 aromatic heterocycles. The van der Waals surface area contributed by atoms with Gasteiger partial charge in [-0.1, -0.05) is 18.2 Å². The van der Waals surface area contributed by atoms with Gasteiger partial charge in [0, 0.05) is 43.1 Å². The molecule has 5 nitrogen and oxygen atoms in total. The van der Waals surface area contributed by atoms with Crippen LogP contribution in [0.5, 0.6) is 0 Å². The average molecular weight is 453 g/mol. The van der Waals surface area contributed by atoms with Gasteiger partial charge in [-0.25, -0.2) is 8.78 Å². The number of benzene rings is 2. The molecule has 1 N–H and O–H groups in total. The number of hydrogen-bond donors (Lipinski definition) is 1. The summed E-state index contributed by atoms with van der Waals surface area (Å²) in [6, 6.07) is 7.31. The largest absolute Gasteiger partial charge is 0.351 e. The van der Waals surface area contributed by atoms with E-state index in [0.717, 1.165) is 36.4 Å². The minimum absolute atomic E-state index is 0.190. The summed E-state index contributed by atoms with van der Waals surface area (Å²) in [4.78, 5) is 15.1. The van der Waals surface area contributed by atoms with Crippen LogP contribution in [-0.2, 0) is 13.0 Å². The smallest absolute Gasteiger partial charge is 0.251 e. The summed E-state index contributed by atoms with van der Waals surface area (Å²) in [7, 11) is 3.89. The average Bonchev–Trinajstić information content (AvgIpc) is 3.17. The Labute approximate surface area is 193 Å². The van der Waals surface area contributed by atoms with Crippen LogP contribution in [0.25, 0.3) is 10.9 Å². The lowest BCUT2D eigenvalue weighted by Crippen LogP contribution is -2.32. The molecule has 7 heteroatoms. The van der Waals surface area contributed by atoms with E-state index in [9.17, 15) is 13.6 Å². The second-order valence-electron chi connectivity index (χ2n) is 8.99. The van der Waals surface area contributed by atoms with E-state index >= 15 is 0 Å². The molecule has 0 radical (unpaired) electrons. The predicted octanol–water partition coefficient (Wildman–Crippen LogP) is 4.55. The highest BCUT2D eigenvalue weighted by Crippen LogP contribution is 2.26. The number of likely N-dealkylation sites (N-methyl/N-ethyl adjacent to an activating group) is 1. The Kier molecular flexibility index (Phi) is 7.18. The molecular formula is C26H30F2N4O. The summed E-state index contributed by atoms with van der Waals surface area (Å²) in [5.41, 5.74) is 2.41. The zero-order valence-corrected chi connectivity index (χ0v) is 19.2. The van der Waals surface area contributed by atoms with Crippen LogP contribution in [0.1, 0.15) is 40.7 Å². The van der Waals surface area contributed by atoms with Gasteiger partial charge < -0.3 is 10.2 Å². The van der Waals surface area contributed by atoms with Gasteiger partial charge in [0.2, 0.25) is 0 Å². The fourth-order valence-electron chi connectivity index (χ4n) is 4.29. The standard InChI is InChI=1S/C26H30F2N4O/c1-31(2)11-10-29-26(33)23-15-25-21(16-30-32(25)17-18-6-4-3-5-7-18)13-20(23)12-19-8-9-22(27)14-24(19)28/h4,6,8-9,13-16,18H,3,5,7,10-12,17H2,1-2H3,(H,29,33)/t18-/m0/s1. The quantitative estimate of drug-likeness (QED) is 0.510. The number of fused-ring (bicyclic) bond motifs is 1. The van der Waals surface area contributed by atoms with Gasteiger partial charge in [0.05, 0.1) is 11.7 Å². The maximum absolute atomic E-state index is 14.4. The number of amides is 1. The van der Waals surface area contributed by atoms with Crippen LogP contribution in [0.4, 0.5) is 8.78 Å². The molecule has 0 aliphatic heterocycles. The number of nitrogens with zero attached hydrogens (tertiary/aromatic N) is 3. The van der Waals surface area contributed by atoms with Gasteiger partial charge in [0.25, 0.3) is 5.91 Å². The summed E-state index contributed by atoms with van der Waals surface area (Å²) in [6.45, 7) is 1.97. The summed E-state index contributed by atoms with van der Waals surface area (Å²) in [5, 5.41) is 8.44. The first-order chi connectivity index (χ1) is 15.9. The molecule has 4 rings (SSSR count). The summed E-state index contributed by atoms with van der Waals surface area (Å²) >= 11 is 0. The van der Waals surface area contributed by atoms with Crippen molar-refractivity contribution in [1.82, 2.24) is 20.0 Å². The molecule has 174 valence electrons. The molecule has 0 saturated heterocycles. The van der Waals surface area contributed by atoms with Gasteiger partial charge in [-0.05, 0) is 68.6 Å². The number of nitrogens with one attached hydrogen (secondary N) is 1. The van der Waals surface area contributed by atoms with Crippen LogP contribution < -0.4 is 5.32 Å². The Hall–Kier alpha value is -3.06. The zero-order valence-electron chi connectivity index (χ0n) is 19.2. The van der Waals surface area contributed by atoms with Gasteiger partial charge in [0.15, 0.2) is 0 Å². The van der Waals surface area contributed by atoms with Gasteiger partial charge in [-0.3, -0.25) is 9.48 Å². The maximum atomic E-state index is 14.4. The lowest BCUT2D eigenvalue weighted by Gasteiger charge is -2.17. The lowest BCUT2D eigenvalue weighted by atomic mass is 9.95. The van der Waals surface area contributed by atoms with Crippen LogP contribution in [0.15, 0.2) is 48.7 Å². The Morgan fingerprint density at radius 3 is 2.79 bits per heavy atom. The van der Waals surface area contributed by atoms with Crippen LogP contribution in [0.2, 0.25) is 0 Å². The highest BCUT2D eigenvalue weighted by molar-refractivity contribution is 5.99. The van der Waals surface area contributed by atoms with Crippen molar-refractivity contribution in [3.05, 3.63) is 77.0 Å². The number of rotatable bonds is 8. The van der Waals surface area contributed by atoms with E-state index in [1.807, 2.05) is 35.8 Å². The SMILES string of the molecule is CN(C)CCNC(=O)c1cc2c(cnn2C[C@H]2C=CCCC2)cc1Cc1ccc(F)cc1F. The molecule has 1 amide bonds. The van der Waals surface area contributed by atoms with Crippen molar-refractivity contribution in [1.29, 1.82) is 0 Å². The third kappa shape index (κ3) is 5.66. The van der Waals surface area contributed by atoms with Crippen molar-refractivity contribution >= 4 is 16.8 Å². The number of allylic oxidation sites excluding steroid dienone is 2. The molecule has 1 aliphatic carbocycles. The Balaban J connectivity index is 1.68. The number of carbonyl (C=O) groups is 1. The molecule has 1 atom stereocenters. The summed E-state index contributed by atoms with van der Waals surface area (Å²) < 4.78 is 29.7. The van der Waals surface area contributed by atoms with E-state index in [0.29, 0.717) is 35.7 Å². The van der Waals surface area contributed by atoms with E-state index in [-0.39, 0.29) is 12.3 Å². The molecule has 33 heavy (non-hydrogen) atoms. The van der Waals surface area contributed by atoms with Crippen molar-refractivity contribution in [3.63, 3.8) is 0 Å². The van der Waals surface area contributed by atoms with Crippen molar-refractivity contribution in [2.24, 2.45) is 5.92 Å². The third-order valence-corrected chi connectivity index (χ3v) is 6.11. The van der Waals surface area contributed by atoms with Crippen LogP contribution in [0, 0.1) is 17.6 Å². The number of aromatic nitrogens is 2. The van der Waals surface area contributed by atoms with E-state index in [1.165, 1.54) is 18.6 Å². The molecule has 1 aliphatic rings. The molecule has 0 unspecified atom stereocenters. The summed E-state index contributed by atoms with van der Waals surface area (Å²) in [5.74, 6) is -1.02. The van der Waals surface area contributed by atoms with Crippen molar-refractivity contribution < 1.29 is 13.6 Å². The fourth-order valence-corrected chi connectivity index (χ4v) is 4.29. The molecule has 3 aromatic rings. The second kappa shape index (κ2) is 10.3. The zero-order chi connectivity index (χ0) is 23.4. The second-order valence-corrected chi connectivity index (χ2v) is 8.99. The Morgan fingerprint density at radius 2 is 2.06 bits per heavy atom. The topological polar surface area (TPSA) is 50.2 Å². The van der Waals surface area contributed by atoms with Crippen molar-refractivity contribution in [2.75, 3.05) is 27.2 Å². The molecule has 0 bridgehead atoms. The molecule has 2 aromatic carbocycles. The van der Waals surface area contributed by atoms with E-state index in [4.69, 9.17) is 0 Å². The molecule has 0 spiro atoms. The Morgan fingerprint density at radius 1 is 1.21 bits per heavy atom. The summed E-state index contributed by atoms with van der Waals surface area (Å²) in [6.07, 6.45) is 9.87. The van der Waals surface area contributed by atoms with Gasteiger partial charge in [-0.15, -0.1) is 0 Å². The highest BCUT2D eigenvalue weighted by atomic mass is 19.1. The monoisotopic (exact) mass is 452 g/mol.